The van der Waals surface area contributed by atoms with Crippen molar-refractivity contribution in [2.24, 2.45) is 0 Å². The molecule has 0 unspecified atom stereocenters. The molecule has 0 spiro atoms. The molecular weight excluding hydrogens is 413 g/mol. The lowest BCUT2D eigenvalue weighted by molar-refractivity contribution is -0.384. The van der Waals surface area contributed by atoms with Crippen molar-refractivity contribution in [1.82, 2.24) is 0 Å². The van der Waals surface area contributed by atoms with Crippen LogP contribution in [-0.4, -0.2) is 27.9 Å². The third kappa shape index (κ3) is 4.99. The highest BCUT2D eigenvalue weighted by molar-refractivity contribution is 5.99. The highest BCUT2D eigenvalue weighted by Crippen LogP contribution is 2.46. The molecule has 0 aliphatic heterocycles. The smallest absolute Gasteiger partial charge is 0.349 e. The molecule has 166 valence electrons. The van der Waals surface area contributed by atoms with E-state index in [1.54, 1.807) is 26.8 Å². The van der Waals surface area contributed by atoms with E-state index in [-0.39, 0.29) is 23.5 Å². The lowest BCUT2D eigenvalue weighted by Gasteiger charge is -2.37. The lowest BCUT2D eigenvalue weighted by Crippen LogP contribution is -2.48. The van der Waals surface area contributed by atoms with Crippen LogP contribution < -0.4 is 0 Å². The molecule has 0 bridgehead atoms. The number of nitrogens with zero attached hydrogens (tertiary/aromatic N) is 1. The molecule has 6 nitrogen and oxygen atoms in total. The summed E-state index contributed by atoms with van der Waals surface area (Å²) in [5.41, 5.74) is -2.82. The average molecular weight is 437 g/mol. The first-order valence-corrected chi connectivity index (χ1v) is 10.2. The summed E-state index contributed by atoms with van der Waals surface area (Å²) in [4.78, 5) is 36.1. The summed E-state index contributed by atoms with van der Waals surface area (Å²) in [5.74, 6) is -2.64. The Kier molecular flexibility index (Phi) is 6.39. The topological polar surface area (TPSA) is 86.5 Å². The zero-order valence-electron chi connectivity index (χ0n) is 18.1. The minimum Gasteiger partial charge on any atom is -0.457 e. The van der Waals surface area contributed by atoms with Gasteiger partial charge in [-0.15, -0.1) is 0 Å². The van der Waals surface area contributed by atoms with Gasteiger partial charge in [-0.1, -0.05) is 54.6 Å². The average Bonchev–Trinajstić information content (AvgIpc) is 2.73. The Labute approximate surface area is 185 Å². The van der Waals surface area contributed by atoms with Crippen LogP contribution in [-0.2, 0) is 14.3 Å². The van der Waals surface area contributed by atoms with E-state index in [4.69, 9.17) is 4.74 Å². The van der Waals surface area contributed by atoms with Crippen molar-refractivity contribution >= 4 is 23.5 Å². The van der Waals surface area contributed by atoms with Gasteiger partial charge in [0.05, 0.1) is 4.92 Å². The number of non-ortho nitro benzene ring substituents is 1. The standard InChI is InChI=1S/C25H24FNO5/c1-24(2,3)32-23(29)25(26)19(12-9-17-7-5-4-6-8-17)15-21(28)16-22(25)18-10-13-20(14-11-18)27(30)31/h4-15,22H,16H2,1-3H3/b12-9+/t22-,25+/m0/s1. The molecular formula is C25H24FNO5. The summed E-state index contributed by atoms with van der Waals surface area (Å²) in [7, 11) is 0. The predicted molar refractivity (Wildman–Crippen MR) is 119 cm³/mol. The molecule has 3 rings (SSSR count). The number of halogens is 1. The number of ether oxygens (including phenoxy) is 1. The number of esters is 1. The van der Waals surface area contributed by atoms with Crippen LogP contribution in [0.25, 0.3) is 6.08 Å². The molecule has 0 heterocycles. The maximum Gasteiger partial charge on any atom is 0.349 e. The summed E-state index contributed by atoms with van der Waals surface area (Å²) < 4.78 is 22.2. The maximum atomic E-state index is 16.8. The van der Waals surface area contributed by atoms with Crippen molar-refractivity contribution in [3.63, 3.8) is 0 Å². The van der Waals surface area contributed by atoms with E-state index in [1.807, 2.05) is 30.3 Å². The molecule has 0 aromatic heterocycles. The van der Waals surface area contributed by atoms with E-state index in [0.717, 1.165) is 11.6 Å². The van der Waals surface area contributed by atoms with E-state index < -0.39 is 28.1 Å². The first kappa shape index (κ1) is 23.1. The Hall–Kier alpha value is -3.61. The number of hydrogen-bond acceptors (Lipinski definition) is 5. The molecule has 2 atom stereocenters. The van der Waals surface area contributed by atoms with Gasteiger partial charge in [0, 0.05) is 30.0 Å². The van der Waals surface area contributed by atoms with Gasteiger partial charge in [-0.2, -0.15) is 0 Å². The third-order valence-corrected chi connectivity index (χ3v) is 5.08. The third-order valence-electron chi connectivity index (χ3n) is 5.08. The summed E-state index contributed by atoms with van der Waals surface area (Å²) in [6.07, 6.45) is 3.90. The number of hydrogen-bond donors (Lipinski definition) is 0. The van der Waals surface area contributed by atoms with Gasteiger partial charge in [0.1, 0.15) is 5.60 Å². The number of rotatable bonds is 5. The maximum absolute atomic E-state index is 16.8. The van der Waals surface area contributed by atoms with Crippen LogP contribution >= 0.6 is 0 Å². The van der Waals surface area contributed by atoms with Crippen LogP contribution in [0.15, 0.2) is 72.3 Å². The molecule has 0 N–H and O–H groups in total. The molecule has 1 aliphatic carbocycles. The Morgan fingerprint density at radius 1 is 1.12 bits per heavy atom. The Balaban J connectivity index is 2.09. The quantitative estimate of drug-likeness (QED) is 0.358. The van der Waals surface area contributed by atoms with Crippen molar-refractivity contribution in [2.75, 3.05) is 0 Å². The van der Waals surface area contributed by atoms with Crippen LogP contribution in [0, 0.1) is 10.1 Å². The van der Waals surface area contributed by atoms with Crippen molar-refractivity contribution < 1.29 is 23.6 Å². The number of benzene rings is 2. The first-order valence-electron chi connectivity index (χ1n) is 10.2. The van der Waals surface area contributed by atoms with Crippen molar-refractivity contribution in [3.8, 4) is 0 Å². The van der Waals surface area contributed by atoms with Crippen molar-refractivity contribution in [3.05, 3.63) is 93.6 Å². The van der Waals surface area contributed by atoms with E-state index >= 15 is 4.39 Å². The lowest BCUT2D eigenvalue weighted by atomic mass is 9.71. The molecule has 0 radical (unpaired) electrons. The van der Waals surface area contributed by atoms with Crippen LogP contribution in [0.2, 0.25) is 0 Å². The molecule has 7 heteroatoms. The zero-order valence-corrected chi connectivity index (χ0v) is 18.1. The second kappa shape index (κ2) is 8.86. The number of ketones is 1. The zero-order chi connectivity index (χ0) is 23.5. The number of alkyl halides is 1. The van der Waals surface area contributed by atoms with Gasteiger partial charge in [-0.25, -0.2) is 9.18 Å². The fourth-order valence-corrected chi connectivity index (χ4v) is 3.59. The molecule has 0 fully saturated rings. The number of allylic oxidation sites excluding steroid dienone is 2. The summed E-state index contributed by atoms with van der Waals surface area (Å²) >= 11 is 0. The molecule has 0 saturated carbocycles. The van der Waals surface area contributed by atoms with Crippen LogP contribution in [0.1, 0.15) is 44.2 Å². The van der Waals surface area contributed by atoms with Crippen LogP contribution in [0.4, 0.5) is 10.1 Å². The van der Waals surface area contributed by atoms with Gasteiger partial charge in [0.25, 0.3) is 5.69 Å². The molecule has 32 heavy (non-hydrogen) atoms. The Bertz CT molecular complexity index is 1080. The minimum absolute atomic E-state index is 0.116. The van der Waals surface area contributed by atoms with Gasteiger partial charge < -0.3 is 4.74 Å². The van der Waals surface area contributed by atoms with Gasteiger partial charge in [0.2, 0.25) is 5.67 Å². The molecule has 0 saturated heterocycles. The van der Waals surface area contributed by atoms with Gasteiger partial charge in [-0.05, 0) is 38.0 Å². The van der Waals surface area contributed by atoms with Crippen molar-refractivity contribution in [2.45, 2.75) is 44.4 Å². The number of carbonyl (C=O) groups excluding carboxylic acids is 2. The fraction of sp³-hybridized carbons (Fsp3) is 0.280. The largest absolute Gasteiger partial charge is 0.457 e. The summed E-state index contributed by atoms with van der Waals surface area (Å²) in [6.45, 7) is 4.89. The Morgan fingerprint density at radius 3 is 2.31 bits per heavy atom. The van der Waals surface area contributed by atoms with Gasteiger partial charge >= 0.3 is 5.97 Å². The van der Waals surface area contributed by atoms with Gasteiger partial charge in [0.15, 0.2) is 5.78 Å². The summed E-state index contributed by atoms with van der Waals surface area (Å²) in [5, 5.41) is 11.0. The number of carbonyl (C=O) groups is 2. The van der Waals surface area contributed by atoms with E-state index in [2.05, 4.69) is 0 Å². The van der Waals surface area contributed by atoms with E-state index in [9.17, 15) is 19.7 Å². The second-order valence-electron chi connectivity index (χ2n) is 8.63. The molecule has 2 aromatic carbocycles. The van der Waals surface area contributed by atoms with Crippen LogP contribution in [0.3, 0.4) is 0 Å². The SMILES string of the molecule is CC(C)(C)OC(=O)[C@@]1(F)C(/C=C/c2ccccc2)=CC(=O)C[C@H]1c1ccc([N+](=O)[O-])cc1. The Morgan fingerprint density at radius 2 is 1.75 bits per heavy atom. The highest BCUT2D eigenvalue weighted by atomic mass is 19.1. The van der Waals surface area contributed by atoms with Crippen LogP contribution in [0.5, 0.6) is 0 Å². The minimum atomic E-state index is -2.65. The highest BCUT2D eigenvalue weighted by Gasteiger charge is 2.54. The molecule has 2 aromatic rings. The summed E-state index contributed by atoms with van der Waals surface area (Å²) in [6, 6.07) is 14.3. The predicted octanol–water partition coefficient (Wildman–Crippen LogP) is 5.34. The van der Waals surface area contributed by atoms with Crippen molar-refractivity contribution in [1.29, 1.82) is 0 Å². The fourth-order valence-electron chi connectivity index (χ4n) is 3.59. The first-order chi connectivity index (χ1) is 15.0. The van der Waals surface area contributed by atoms with E-state index in [0.29, 0.717) is 5.56 Å². The normalized spacial score (nSPS) is 21.3. The molecule has 0 amide bonds. The monoisotopic (exact) mass is 437 g/mol. The van der Waals surface area contributed by atoms with Gasteiger partial charge in [-0.3, -0.25) is 14.9 Å². The molecule has 1 aliphatic rings. The number of nitro benzene ring substituents is 1. The number of nitro groups is 1. The second-order valence-corrected chi connectivity index (χ2v) is 8.63. The van der Waals surface area contributed by atoms with E-state index in [1.165, 1.54) is 30.3 Å².